The summed E-state index contributed by atoms with van der Waals surface area (Å²) in [4.78, 5) is 3.22. The minimum Gasteiger partial charge on any atom is -0.372 e. The van der Waals surface area contributed by atoms with E-state index in [2.05, 4.69) is 69.9 Å². The lowest BCUT2D eigenvalue weighted by Crippen LogP contribution is -2.21. The highest BCUT2D eigenvalue weighted by Gasteiger charge is 2.01. The van der Waals surface area contributed by atoms with Gasteiger partial charge in [0.2, 0.25) is 4.80 Å². The molecule has 0 bridgehead atoms. The zero-order valence-electron chi connectivity index (χ0n) is 14.3. The summed E-state index contributed by atoms with van der Waals surface area (Å²) in [6, 6.07) is 16.7. The second-order valence-corrected chi connectivity index (χ2v) is 6.53. The molecular formula is C19H22N4S. The second-order valence-electron chi connectivity index (χ2n) is 5.52. The van der Waals surface area contributed by atoms with Crippen molar-refractivity contribution in [3.05, 3.63) is 58.9 Å². The first-order chi connectivity index (χ1) is 11.7. The monoisotopic (exact) mass is 338 g/mol. The van der Waals surface area contributed by atoms with E-state index < -0.39 is 0 Å². The number of hydrogen-bond donors (Lipinski definition) is 0. The van der Waals surface area contributed by atoms with Gasteiger partial charge in [-0.3, -0.25) is 0 Å². The van der Waals surface area contributed by atoms with Gasteiger partial charge in [-0.05, 0) is 43.7 Å². The zero-order valence-corrected chi connectivity index (χ0v) is 15.1. The lowest BCUT2D eigenvalue weighted by Gasteiger charge is -2.20. The number of fused-ring (bicyclic) bond motifs is 1. The average molecular weight is 338 g/mol. The maximum Gasteiger partial charge on any atom is 0.211 e. The Bertz CT molecular complexity index is 899. The number of nitrogens with zero attached hydrogens (tertiary/aromatic N) is 4. The Morgan fingerprint density at radius 1 is 1.04 bits per heavy atom. The van der Waals surface area contributed by atoms with Gasteiger partial charge >= 0.3 is 0 Å². The van der Waals surface area contributed by atoms with Crippen LogP contribution in [0.2, 0.25) is 0 Å². The Morgan fingerprint density at radius 3 is 2.42 bits per heavy atom. The van der Waals surface area contributed by atoms with Gasteiger partial charge in [0.05, 0.1) is 16.4 Å². The number of rotatable bonds is 5. The minimum absolute atomic E-state index is 0.896. The largest absolute Gasteiger partial charge is 0.372 e. The van der Waals surface area contributed by atoms with E-state index >= 15 is 0 Å². The molecule has 0 saturated heterocycles. The van der Waals surface area contributed by atoms with Crippen molar-refractivity contribution >= 4 is 33.5 Å². The predicted octanol–water partition coefficient (Wildman–Crippen LogP) is 4.02. The molecule has 0 fully saturated rings. The van der Waals surface area contributed by atoms with Crippen LogP contribution < -0.4 is 9.70 Å². The molecule has 0 amide bonds. The van der Waals surface area contributed by atoms with Gasteiger partial charge in [0.25, 0.3) is 0 Å². The molecule has 0 spiro atoms. The Balaban J connectivity index is 1.81. The summed E-state index contributed by atoms with van der Waals surface area (Å²) in [5, 5.41) is 8.63. The molecule has 0 unspecified atom stereocenters. The molecule has 0 aliphatic carbocycles. The van der Waals surface area contributed by atoms with E-state index in [0.29, 0.717) is 0 Å². The molecule has 5 heteroatoms. The van der Waals surface area contributed by atoms with Crippen LogP contribution in [-0.2, 0) is 7.05 Å². The quantitative estimate of drug-likeness (QED) is 0.511. The van der Waals surface area contributed by atoms with Crippen molar-refractivity contribution < 1.29 is 0 Å². The van der Waals surface area contributed by atoms with E-state index in [1.165, 1.54) is 15.9 Å². The fraction of sp³-hybridized carbons (Fsp3) is 0.263. The summed E-state index contributed by atoms with van der Waals surface area (Å²) in [6.07, 6.45) is 1.80. The number of aromatic nitrogens is 1. The van der Waals surface area contributed by atoms with E-state index in [1.807, 2.05) is 19.2 Å². The van der Waals surface area contributed by atoms with Crippen molar-refractivity contribution in [2.75, 3.05) is 18.0 Å². The van der Waals surface area contributed by atoms with Crippen LogP contribution in [0.15, 0.2) is 58.7 Å². The summed E-state index contributed by atoms with van der Waals surface area (Å²) >= 11 is 1.65. The molecule has 0 N–H and O–H groups in total. The fourth-order valence-electron chi connectivity index (χ4n) is 2.68. The number of anilines is 1. The maximum atomic E-state index is 4.37. The molecule has 0 saturated carbocycles. The third kappa shape index (κ3) is 3.41. The fourth-order valence-corrected chi connectivity index (χ4v) is 3.66. The molecule has 124 valence electrons. The normalized spacial score (nSPS) is 12.4. The van der Waals surface area contributed by atoms with Gasteiger partial charge in [0.15, 0.2) is 0 Å². The van der Waals surface area contributed by atoms with E-state index in [0.717, 1.165) is 23.5 Å². The third-order valence-electron chi connectivity index (χ3n) is 4.09. The van der Waals surface area contributed by atoms with Crippen molar-refractivity contribution in [2.24, 2.45) is 17.3 Å². The topological polar surface area (TPSA) is 32.9 Å². The Labute approximate surface area is 146 Å². The molecule has 2 aromatic carbocycles. The van der Waals surface area contributed by atoms with Gasteiger partial charge in [-0.2, -0.15) is 5.10 Å². The summed E-state index contributed by atoms with van der Waals surface area (Å²) in [5.74, 6) is 0. The molecule has 1 aromatic heterocycles. The first-order valence-corrected chi connectivity index (χ1v) is 9.01. The molecule has 3 rings (SSSR count). The van der Waals surface area contributed by atoms with E-state index in [4.69, 9.17) is 0 Å². The summed E-state index contributed by atoms with van der Waals surface area (Å²) in [5.41, 5.74) is 3.48. The molecule has 0 atom stereocenters. The van der Waals surface area contributed by atoms with Crippen molar-refractivity contribution in [2.45, 2.75) is 13.8 Å². The van der Waals surface area contributed by atoms with Gasteiger partial charge in [0.1, 0.15) is 0 Å². The first kappa shape index (κ1) is 16.5. The second kappa shape index (κ2) is 7.45. The molecule has 24 heavy (non-hydrogen) atoms. The smallest absolute Gasteiger partial charge is 0.211 e. The van der Waals surface area contributed by atoms with Crippen LogP contribution in [-0.4, -0.2) is 23.9 Å². The molecule has 0 aliphatic heterocycles. The van der Waals surface area contributed by atoms with Crippen LogP contribution in [0.1, 0.15) is 19.4 Å². The highest BCUT2D eigenvalue weighted by Crippen LogP contribution is 2.15. The van der Waals surface area contributed by atoms with Crippen molar-refractivity contribution in [1.29, 1.82) is 0 Å². The van der Waals surface area contributed by atoms with E-state index in [-0.39, 0.29) is 0 Å². The lowest BCUT2D eigenvalue weighted by molar-refractivity contribution is 0.866. The van der Waals surface area contributed by atoms with E-state index in [1.54, 1.807) is 17.6 Å². The number of thiazole rings is 1. The third-order valence-corrected chi connectivity index (χ3v) is 5.19. The Kier molecular flexibility index (Phi) is 5.11. The van der Waals surface area contributed by atoms with Crippen LogP contribution in [0.4, 0.5) is 5.69 Å². The molecule has 0 radical (unpaired) electrons. The Hall–Kier alpha value is -2.40. The SMILES string of the molecule is CCN(CC)c1ccc(/C=N\N=c2\sc3ccccc3n2C)cc1. The van der Waals surface area contributed by atoms with Gasteiger partial charge in [-0.25, -0.2) is 0 Å². The van der Waals surface area contributed by atoms with Gasteiger partial charge in [-0.15, -0.1) is 5.10 Å². The van der Waals surface area contributed by atoms with Crippen molar-refractivity contribution in [3.8, 4) is 0 Å². The maximum absolute atomic E-state index is 4.37. The summed E-state index contributed by atoms with van der Waals surface area (Å²) in [7, 11) is 2.02. The van der Waals surface area contributed by atoms with Crippen LogP contribution in [0.25, 0.3) is 10.2 Å². The summed E-state index contributed by atoms with van der Waals surface area (Å²) < 4.78 is 3.29. The highest BCUT2D eigenvalue weighted by atomic mass is 32.1. The Morgan fingerprint density at radius 2 is 1.75 bits per heavy atom. The van der Waals surface area contributed by atoms with Gasteiger partial charge < -0.3 is 9.47 Å². The molecule has 0 aliphatic rings. The van der Waals surface area contributed by atoms with Gasteiger partial charge in [0, 0.05) is 25.8 Å². The zero-order chi connectivity index (χ0) is 16.9. The number of hydrogen-bond acceptors (Lipinski definition) is 4. The van der Waals surface area contributed by atoms with Crippen molar-refractivity contribution in [3.63, 3.8) is 0 Å². The molecule has 4 nitrogen and oxygen atoms in total. The number of para-hydroxylation sites is 1. The summed E-state index contributed by atoms with van der Waals surface area (Å²) in [6.45, 7) is 6.37. The highest BCUT2D eigenvalue weighted by molar-refractivity contribution is 7.16. The predicted molar refractivity (Wildman–Crippen MR) is 104 cm³/mol. The molecular weight excluding hydrogens is 316 g/mol. The molecule has 1 heterocycles. The first-order valence-electron chi connectivity index (χ1n) is 8.19. The van der Waals surface area contributed by atoms with Crippen LogP contribution >= 0.6 is 11.3 Å². The van der Waals surface area contributed by atoms with Crippen LogP contribution in [0.5, 0.6) is 0 Å². The lowest BCUT2D eigenvalue weighted by atomic mass is 10.2. The van der Waals surface area contributed by atoms with Crippen molar-refractivity contribution in [1.82, 2.24) is 4.57 Å². The molecule has 3 aromatic rings. The number of benzene rings is 2. The standard InChI is InChI=1S/C19H22N4S/c1-4-23(5-2)16-12-10-15(11-13-16)14-20-21-19-22(3)17-8-6-7-9-18(17)24-19/h6-14H,4-5H2,1-3H3/b20-14-,21-19+. The average Bonchev–Trinajstić information content (AvgIpc) is 2.94. The van der Waals surface area contributed by atoms with Crippen LogP contribution in [0.3, 0.4) is 0 Å². The van der Waals surface area contributed by atoms with Gasteiger partial charge in [-0.1, -0.05) is 35.6 Å². The van der Waals surface area contributed by atoms with E-state index in [9.17, 15) is 0 Å². The number of aryl methyl sites for hydroxylation is 1. The van der Waals surface area contributed by atoms with Crippen LogP contribution in [0, 0.1) is 0 Å². The minimum atomic E-state index is 0.896.